The highest BCUT2D eigenvalue weighted by atomic mass is 16.6. The van der Waals surface area contributed by atoms with Gasteiger partial charge in [0, 0.05) is 13.0 Å². The average molecular weight is 333 g/mol. The highest BCUT2D eigenvalue weighted by Crippen LogP contribution is 2.32. The van der Waals surface area contributed by atoms with E-state index >= 15 is 0 Å². The maximum atomic E-state index is 12.0. The van der Waals surface area contributed by atoms with Gasteiger partial charge in [-0.3, -0.25) is 4.79 Å². The molecule has 1 aliphatic carbocycles. The molecule has 1 unspecified atom stereocenters. The molecular weight excluding hydrogens is 306 g/mol. The first kappa shape index (κ1) is 17.1. The van der Waals surface area contributed by atoms with Gasteiger partial charge in [-0.25, -0.2) is 0 Å². The van der Waals surface area contributed by atoms with E-state index in [4.69, 9.17) is 9.47 Å². The third-order valence-corrected chi connectivity index (χ3v) is 4.95. The summed E-state index contributed by atoms with van der Waals surface area (Å²) >= 11 is 0. The Labute approximate surface area is 143 Å². The Hall–Kier alpha value is -1.75. The molecule has 0 spiro atoms. The van der Waals surface area contributed by atoms with E-state index in [1.807, 2.05) is 6.07 Å². The summed E-state index contributed by atoms with van der Waals surface area (Å²) in [4.78, 5) is 12.0. The van der Waals surface area contributed by atoms with Gasteiger partial charge in [0.2, 0.25) is 5.91 Å². The molecule has 1 saturated carbocycles. The second-order valence-corrected chi connectivity index (χ2v) is 6.77. The first-order chi connectivity index (χ1) is 11.7. The number of carbonyl (C=O) groups is 1. The molecule has 1 fully saturated rings. The van der Waals surface area contributed by atoms with Crippen molar-refractivity contribution in [3.63, 3.8) is 0 Å². The van der Waals surface area contributed by atoms with Crippen LogP contribution in [0.1, 0.15) is 56.6 Å². The number of aliphatic hydroxyl groups is 1. The summed E-state index contributed by atoms with van der Waals surface area (Å²) in [6, 6.07) is 5.40. The van der Waals surface area contributed by atoms with Gasteiger partial charge in [0.05, 0.1) is 6.10 Å². The van der Waals surface area contributed by atoms with Crippen LogP contribution in [0, 0.1) is 5.92 Å². The predicted octanol–water partition coefficient (Wildman–Crippen LogP) is 2.97. The summed E-state index contributed by atoms with van der Waals surface area (Å²) in [6.45, 7) is 1.29. The summed E-state index contributed by atoms with van der Waals surface area (Å²) < 4.78 is 11.0. The lowest BCUT2D eigenvalue weighted by Gasteiger charge is -2.21. The molecule has 0 saturated heterocycles. The zero-order valence-electron chi connectivity index (χ0n) is 14.1. The Morgan fingerprint density at radius 1 is 1.17 bits per heavy atom. The van der Waals surface area contributed by atoms with Gasteiger partial charge < -0.3 is 19.9 Å². The van der Waals surface area contributed by atoms with Gasteiger partial charge >= 0.3 is 0 Å². The van der Waals surface area contributed by atoms with Gasteiger partial charge in [-0.05, 0) is 30.0 Å². The number of ether oxygens (including phenoxy) is 2. The molecule has 132 valence electrons. The largest absolute Gasteiger partial charge is 0.486 e. The third-order valence-electron chi connectivity index (χ3n) is 4.95. The monoisotopic (exact) mass is 333 g/mol. The lowest BCUT2D eigenvalue weighted by atomic mass is 9.86. The Kier molecular flexibility index (Phi) is 5.96. The fourth-order valence-electron chi connectivity index (χ4n) is 3.49. The van der Waals surface area contributed by atoms with E-state index in [-0.39, 0.29) is 12.5 Å². The molecule has 1 aromatic rings. The molecule has 0 aromatic heterocycles. The fourth-order valence-corrected chi connectivity index (χ4v) is 3.49. The molecular formula is C19H27NO4. The highest BCUT2D eigenvalue weighted by molar-refractivity contribution is 5.75. The number of amides is 1. The van der Waals surface area contributed by atoms with E-state index in [2.05, 4.69) is 5.32 Å². The van der Waals surface area contributed by atoms with Gasteiger partial charge in [-0.15, -0.1) is 0 Å². The minimum atomic E-state index is -0.737. The van der Waals surface area contributed by atoms with Gasteiger partial charge in [-0.1, -0.05) is 38.2 Å². The Balaban J connectivity index is 1.43. The lowest BCUT2D eigenvalue weighted by Crippen LogP contribution is -2.28. The van der Waals surface area contributed by atoms with Crippen molar-refractivity contribution in [3.8, 4) is 11.5 Å². The van der Waals surface area contributed by atoms with Crippen molar-refractivity contribution in [1.82, 2.24) is 5.32 Å². The standard InChI is InChI=1S/C19H27NO4/c21-16(15-7-8-17-18(12-15)24-11-10-23-17)13-20-19(22)9-6-14-4-2-1-3-5-14/h7-8,12,14,16,21H,1-6,9-11,13H2,(H,20,22). The first-order valence-electron chi connectivity index (χ1n) is 9.06. The van der Waals surface area contributed by atoms with E-state index in [0.717, 1.165) is 12.0 Å². The van der Waals surface area contributed by atoms with Crippen LogP contribution in [-0.2, 0) is 4.79 Å². The Morgan fingerprint density at radius 2 is 1.92 bits per heavy atom. The molecule has 0 radical (unpaired) electrons. The first-order valence-corrected chi connectivity index (χ1v) is 9.06. The second kappa shape index (κ2) is 8.38. The number of nitrogens with one attached hydrogen (secondary N) is 1. The SMILES string of the molecule is O=C(CCC1CCCCC1)NCC(O)c1ccc2c(c1)OCCO2. The Morgan fingerprint density at radius 3 is 2.71 bits per heavy atom. The molecule has 2 N–H and O–H groups in total. The van der Waals surface area contributed by atoms with Crippen molar-refractivity contribution in [2.45, 2.75) is 51.0 Å². The van der Waals surface area contributed by atoms with Crippen molar-refractivity contribution in [3.05, 3.63) is 23.8 Å². The van der Waals surface area contributed by atoms with Crippen molar-refractivity contribution >= 4 is 5.91 Å². The van der Waals surface area contributed by atoms with Crippen molar-refractivity contribution < 1.29 is 19.4 Å². The third kappa shape index (κ3) is 4.63. The van der Waals surface area contributed by atoms with Crippen LogP contribution in [0.3, 0.4) is 0 Å². The van der Waals surface area contributed by atoms with E-state index < -0.39 is 6.10 Å². The van der Waals surface area contributed by atoms with Crippen LogP contribution in [-0.4, -0.2) is 30.8 Å². The molecule has 3 rings (SSSR count). The second-order valence-electron chi connectivity index (χ2n) is 6.77. The Bertz CT molecular complexity index is 554. The maximum Gasteiger partial charge on any atom is 0.220 e. The van der Waals surface area contributed by atoms with Crippen LogP contribution in [0.2, 0.25) is 0 Å². The molecule has 1 atom stereocenters. The average Bonchev–Trinajstić information content (AvgIpc) is 2.65. The minimum Gasteiger partial charge on any atom is -0.486 e. The number of aliphatic hydroxyl groups excluding tert-OH is 1. The molecule has 1 aromatic carbocycles. The summed E-state index contributed by atoms with van der Waals surface area (Å²) in [5.41, 5.74) is 0.729. The number of rotatable bonds is 6. The van der Waals surface area contributed by atoms with E-state index in [9.17, 15) is 9.90 Å². The van der Waals surface area contributed by atoms with Crippen LogP contribution in [0.15, 0.2) is 18.2 Å². The maximum absolute atomic E-state index is 12.0. The molecule has 5 nitrogen and oxygen atoms in total. The van der Waals surface area contributed by atoms with Crippen LogP contribution in [0.25, 0.3) is 0 Å². The molecule has 1 heterocycles. The number of carbonyl (C=O) groups excluding carboxylic acids is 1. The highest BCUT2D eigenvalue weighted by Gasteiger charge is 2.17. The quantitative estimate of drug-likeness (QED) is 0.840. The zero-order chi connectivity index (χ0) is 16.8. The van der Waals surface area contributed by atoms with Crippen molar-refractivity contribution in [1.29, 1.82) is 0 Å². The van der Waals surface area contributed by atoms with Crippen LogP contribution < -0.4 is 14.8 Å². The summed E-state index contributed by atoms with van der Waals surface area (Å²) in [5.74, 6) is 2.08. The number of fused-ring (bicyclic) bond motifs is 1. The summed E-state index contributed by atoms with van der Waals surface area (Å²) in [5, 5.41) is 13.1. The summed E-state index contributed by atoms with van der Waals surface area (Å²) in [7, 11) is 0. The van der Waals surface area contributed by atoms with E-state index in [1.54, 1.807) is 12.1 Å². The van der Waals surface area contributed by atoms with Crippen molar-refractivity contribution in [2.24, 2.45) is 5.92 Å². The minimum absolute atomic E-state index is 0.0252. The zero-order valence-corrected chi connectivity index (χ0v) is 14.1. The van der Waals surface area contributed by atoms with Gasteiger partial charge in [0.25, 0.3) is 0 Å². The fraction of sp³-hybridized carbons (Fsp3) is 0.632. The van der Waals surface area contributed by atoms with E-state index in [0.29, 0.717) is 37.1 Å². The molecule has 1 amide bonds. The van der Waals surface area contributed by atoms with Gasteiger partial charge in [0.1, 0.15) is 13.2 Å². The van der Waals surface area contributed by atoms with E-state index in [1.165, 1.54) is 32.1 Å². The molecule has 5 heteroatoms. The smallest absolute Gasteiger partial charge is 0.220 e. The van der Waals surface area contributed by atoms with Gasteiger partial charge in [-0.2, -0.15) is 0 Å². The topological polar surface area (TPSA) is 67.8 Å². The number of hydrogen-bond donors (Lipinski definition) is 2. The van der Waals surface area contributed by atoms with Crippen LogP contribution >= 0.6 is 0 Å². The van der Waals surface area contributed by atoms with Crippen molar-refractivity contribution in [2.75, 3.05) is 19.8 Å². The normalized spacial score (nSPS) is 18.9. The van der Waals surface area contributed by atoms with Crippen LogP contribution in [0.5, 0.6) is 11.5 Å². The summed E-state index contributed by atoms with van der Waals surface area (Å²) in [6.07, 6.45) is 7.23. The molecule has 24 heavy (non-hydrogen) atoms. The predicted molar refractivity (Wildman–Crippen MR) is 91.2 cm³/mol. The molecule has 0 bridgehead atoms. The van der Waals surface area contributed by atoms with Gasteiger partial charge in [0.15, 0.2) is 11.5 Å². The lowest BCUT2D eigenvalue weighted by molar-refractivity contribution is -0.121. The molecule has 2 aliphatic rings. The molecule has 1 aliphatic heterocycles. The number of benzene rings is 1. The van der Waals surface area contributed by atoms with Crippen LogP contribution in [0.4, 0.5) is 0 Å². The number of hydrogen-bond acceptors (Lipinski definition) is 4.